The Kier molecular flexibility index (Phi) is 36.6. The Morgan fingerprint density at radius 3 is 1.04 bits per heavy atom. The number of carbonyl (C=O) groups is 1. The quantitative estimate of drug-likeness (QED) is 0.0499. The summed E-state index contributed by atoms with van der Waals surface area (Å²) in [4.78, 5) is 12.4. The molecule has 276 valence electrons. The summed E-state index contributed by atoms with van der Waals surface area (Å²) in [5.74, 6) is -0.279. The SMILES string of the molecule is CCCCCCCCCCCCCCCCCCCCC(O)CC(=O)N[C@@H](CO)[C@H](O)CCCCCCCCCCCCCCC. The Balaban J connectivity index is 3.59. The van der Waals surface area contributed by atoms with Gasteiger partial charge in [0.1, 0.15) is 0 Å². The Morgan fingerprint density at radius 1 is 0.457 bits per heavy atom. The van der Waals surface area contributed by atoms with Gasteiger partial charge in [0.05, 0.1) is 31.3 Å². The highest BCUT2D eigenvalue weighted by atomic mass is 16.3. The molecule has 0 aliphatic carbocycles. The first kappa shape index (κ1) is 45.3. The smallest absolute Gasteiger partial charge is 0.222 e. The average molecular weight is 654 g/mol. The van der Waals surface area contributed by atoms with Crippen molar-refractivity contribution < 1.29 is 20.1 Å². The third-order valence-corrected chi connectivity index (χ3v) is 9.92. The second-order valence-corrected chi connectivity index (χ2v) is 14.6. The number of hydrogen-bond donors (Lipinski definition) is 4. The summed E-state index contributed by atoms with van der Waals surface area (Å²) >= 11 is 0. The van der Waals surface area contributed by atoms with Gasteiger partial charge in [-0.1, -0.05) is 213 Å². The molecule has 5 heteroatoms. The number of aliphatic hydroxyl groups excluding tert-OH is 3. The van der Waals surface area contributed by atoms with E-state index in [2.05, 4.69) is 19.2 Å². The molecule has 0 aromatic rings. The maximum absolute atomic E-state index is 12.4. The minimum absolute atomic E-state index is 0.0426. The summed E-state index contributed by atoms with van der Waals surface area (Å²) in [6.07, 6.45) is 40.6. The van der Waals surface area contributed by atoms with E-state index in [9.17, 15) is 20.1 Å². The van der Waals surface area contributed by atoms with Crippen molar-refractivity contribution >= 4 is 5.91 Å². The molecule has 0 saturated heterocycles. The molecule has 0 saturated carbocycles. The van der Waals surface area contributed by atoms with E-state index in [0.717, 1.165) is 25.7 Å². The average Bonchev–Trinajstić information content (AvgIpc) is 3.05. The molecular weight excluding hydrogens is 570 g/mol. The highest BCUT2D eigenvalue weighted by molar-refractivity contribution is 5.76. The second kappa shape index (κ2) is 37.2. The van der Waals surface area contributed by atoms with Crippen molar-refractivity contribution in [3.63, 3.8) is 0 Å². The largest absolute Gasteiger partial charge is 0.394 e. The lowest BCUT2D eigenvalue weighted by atomic mass is 10.0. The van der Waals surface area contributed by atoms with Crippen molar-refractivity contribution in [2.75, 3.05) is 6.61 Å². The van der Waals surface area contributed by atoms with E-state index in [4.69, 9.17) is 0 Å². The van der Waals surface area contributed by atoms with Gasteiger partial charge in [0.15, 0.2) is 0 Å². The van der Waals surface area contributed by atoms with Gasteiger partial charge in [0.25, 0.3) is 0 Å². The van der Waals surface area contributed by atoms with E-state index in [0.29, 0.717) is 12.8 Å². The fourth-order valence-electron chi connectivity index (χ4n) is 6.70. The summed E-state index contributed by atoms with van der Waals surface area (Å²) in [6.45, 7) is 4.27. The normalized spacial score (nSPS) is 13.6. The van der Waals surface area contributed by atoms with Crippen LogP contribution in [0.1, 0.15) is 232 Å². The van der Waals surface area contributed by atoms with Crippen LogP contribution in [-0.4, -0.2) is 46.1 Å². The molecular formula is C41H83NO4. The fourth-order valence-corrected chi connectivity index (χ4v) is 6.70. The van der Waals surface area contributed by atoms with Crippen LogP contribution in [0.4, 0.5) is 0 Å². The van der Waals surface area contributed by atoms with E-state index in [1.807, 2.05) is 0 Å². The van der Waals surface area contributed by atoms with Crippen molar-refractivity contribution in [3.8, 4) is 0 Å². The molecule has 46 heavy (non-hydrogen) atoms. The molecule has 3 atom stereocenters. The molecule has 0 rings (SSSR count). The molecule has 0 aromatic carbocycles. The van der Waals surface area contributed by atoms with Gasteiger partial charge in [-0.2, -0.15) is 0 Å². The van der Waals surface area contributed by atoms with E-state index in [-0.39, 0.29) is 18.9 Å². The van der Waals surface area contributed by atoms with Gasteiger partial charge in [-0.25, -0.2) is 0 Å². The zero-order chi connectivity index (χ0) is 33.8. The van der Waals surface area contributed by atoms with Gasteiger partial charge in [-0.15, -0.1) is 0 Å². The molecule has 4 N–H and O–H groups in total. The molecule has 0 radical (unpaired) electrons. The van der Waals surface area contributed by atoms with Crippen molar-refractivity contribution in [1.82, 2.24) is 5.32 Å². The predicted octanol–water partition coefficient (Wildman–Crippen LogP) is 11.5. The molecule has 0 aliphatic heterocycles. The fraction of sp³-hybridized carbons (Fsp3) is 0.976. The van der Waals surface area contributed by atoms with Crippen LogP contribution in [0.15, 0.2) is 0 Å². The minimum atomic E-state index is -0.742. The number of nitrogens with one attached hydrogen (secondary N) is 1. The summed E-state index contributed by atoms with van der Waals surface area (Å²) < 4.78 is 0. The summed E-state index contributed by atoms with van der Waals surface area (Å²) in [5.41, 5.74) is 0. The first-order valence-electron chi connectivity index (χ1n) is 20.8. The molecule has 0 fully saturated rings. The van der Waals surface area contributed by atoms with E-state index >= 15 is 0 Å². The van der Waals surface area contributed by atoms with Gasteiger partial charge in [-0.3, -0.25) is 4.79 Å². The topological polar surface area (TPSA) is 89.8 Å². The van der Waals surface area contributed by atoms with Gasteiger partial charge in [0.2, 0.25) is 5.91 Å². The maximum Gasteiger partial charge on any atom is 0.222 e. The first-order chi connectivity index (χ1) is 22.5. The molecule has 0 aromatic heterocycles. The lowest BCUT2D eigenvalue weighted by Gasteiger charge is -2.23. The first-order valence-corrected chi connectivity index (χ1v) is 20.8. The van der Waals surface area contributed by atoms with Crippen LogP contribution in [0.5, 0.6) is 0 Å². The molecule has 0 aliphatic rings. The zero-order valence-electron chi connectivity index (χ0n) is 31.2. The zero-order valence-corrected chi connectivity index (χ0v) is 31.2. The molecule has 5 nitrogen and oxygen atoms in total. The van der Waals surface area contributed by atoms with Crippen LogP contribution >= 0.6 is 0 Å². The number of carbonyl (C=O) groups excluding carboxylic acids is 1. The van der Waals surface area contributed by atoms with Gasteiger partial charge < -0.3 is 20.6 Å². The van der Waals surface area contributed by atoms with Crippen LogP contribution in [0.3, 0.4) is 0 Å². The summed E-state index contributed by atoms with van der Waals surface area (Å²) in [6, 6.07) is -0.651. The lowest BCUT2D eigenvalue weighted by molar-refractivity contribution is -0.125. The van der Waals surface area contributed by atoms with E-state index < -0.39 is 18.2 Å². The van der Waals surface area contributed by atoms with Crippen LogP contribution in [0.2, 0.25) is 0 Å². The summed E-state index contributed by atoms with van der Waals surface area (Å²) in [5, 5.41) is 33.3. The van der Waals surface area contributed by atoms with Gasteiger partial charge in [-0.05, 0) is 12.8 Å². The monoisotopic (exact) mass is 654 g/mol. The maximum atomic E-state index is 12.4. The number of aliphatic hydroxyl groups is 3. The van der Waals surface area contributed by atoms with Crippen LogP contribution in [-0.2, 0) is 4.79 Å². The van der Waals surface area contributed by atoms with Crippen molar-refractivity contribution in [2.24, 2.45) is 0 Å². The van der Waals surface area contributed by atoms with E-state index in [1.54, 1.807) is 0 Å². The standard InChI is InChI=1S/C41H83NO4/c1-3-5-7-9-11-13-15-17-18-19-20-21-23-24-26-28-30-32-34-38(44)36-41(46)42-39(37-43)40(45)35-33-31-29-27-25-22-16-14-12-10-8-6-4-2/h38-40,43-45H,3-37H2,1-2H3,(H,42,46)/t38?,39-,40+/m0/s1. The molecule has 1 amide bonds. The van der Waals surface area contributed by atoms with Gasteiger partial charge in [0, 0.05) is 0 Å². The molecule has 0 heterocycles. The van der Waals surface area contributed by atoms with Crippen LogP contribution < -0.4 is 5.32 Å². The molecule has 0 bridgehead atoms. The third-order valence-electron chi connectivity index (χ3n) is 9.92. The molecule has 1 unspecified atom stereocenters. The summed E-state index contributed by atoms with van der Waals surface area (Å²) in [7, 11) is 0. The Labute approximate surface area is 287 Å². The van der Waals surface area contributed by atoms with Crippen molar-refractivity contribution in [2.45, 2.75) is 250 Å². The van der Waals surface area contributed by atoms with Crippen LogP contribution in [0, 0.1) is 0 Å². The number of unbranched alkanes of at least 4 members (excludes halogenated alkanes) is 29. The van der Waals surface area contributed by atoms with Crippen molar-refractivity contribution in [3.05, 3.63) is 0 Å². The minimum Gasteiger partial charge on any atom is -0.394 e. The Morgan fingerprint density at radius 2 is 0.739 bits per heavy atom. The Bertz CT molecular complexity index is 601. The second-order valence-electron chi connectivity index (χ2n) is 14.6. The predicted molar refractivity (Wildman–Crippen MR) is 199 cm³/mol. The molecule has 0 spiro atoms. The number of rotatable bonds is 38. The van der Waals surface area contributed by atoms with Crippen LogP contribution in [0.25, 0.3) is 0 Å². The van der Waals surface area contributed by atoms with Crippen molar-refractivity contribution in [1.29, 1.82) is 0 Å². The van der Waals surface area contributed by atoms with Gasteiger partial charge >= 0.3 is 0 Å². The Hall–Kier alpha value is -0.650. The third kappa shape index (κ3) is 33.3. The lowest BCUT2D eigenvalue weighted by Crippen LogP contribution is -2.46. The van der Waals surface area contributed by atoms with E-state index in [1.165, 1.54) is 173 Å². The highest BCUT2D eigenvalue weighted by Crippen LogP contribution is 2.17. The number of hydrogen-bond acceptors (Lipinski definition) is 4. The highest BCUT2D eigenvalue weighted by Gasteiger charge is 2.21. The number of amides is 1.